The van der Waals surface area contributed by atoms with Crippen LogP contribution in [0.25, 0.3) is 11.1 Å². The maximum Gasteiger partial charge on any atom is 0.254 e. The summed E-state index contributed by atoms with van der Waals surface area (Å²) in [6.45, 7) is 2.52. The zero-order valence-corrected chi connectivity index (χ0v) is 23.8. The molecule has 2 amide bonds. The minimum atomic E-state index is -1.14. The summed E-state index contributed by atoms with van der Waals surface area (Å²) in [4.78, 5) is 35.1. The van der Waals surface area contributed by atoms with Gasteiger partial charge in [0.05, 0.1) is 23.6 Å². The Labute approximate surface area is 237 Å². The third-order valence-electron chi connectivity index (χ3n) is 10.2. The lowest BCUT2D eigenvalue weighted by Crippen LogP contribution is -2.60. The number of hydrogen-bond acceptors (Lipinski definition) is 5. The smallest absolute Gasteiger partial charge is 0.254 e. The zero-order valence-electron chi connectivity index (χ0n) is 23.8. The molecule has 0 atom stereocenters. The molecule has 2 aliphatic heterocycles. The number of fused-ring (bicyclic) bond motifs is 1. The van der Waals surface area contributed by atoms with E-state index in [1.54, 1.807) is 4.90 Å². The number of aliphatic hydroxyl groups is 1. The van der Waals surface area contributed by atoms with E-state index in [0.717, 1.165) is 25.1 Å². The van der Waals surface area contributed by atoms with Crippen LogP contribution in [0.15, 0.2) is 42.5 Å². The normalized spacial score (nSPS) is 23.6. The van der Waals surface area contributed by atoms with Crippen LogP contribution in [0.5, 0.6) is 0 Å². The summed E-state index contributed by atoms with van der Waals surface area (Å²) in [6.07, 6.45) is 12.3. The number of amides is 2. The van der Waals surface area contributed by atoms with Gasteiger partial charge in [-0.2, -0.15) is 0 Å². The highest BCUT2D eigenvalue weighted by atomic mass is 16.3. The first-order chi connectivity index (χ1) is 19.4. The summed E-state index contributed by atoms with van der Waals surface area (Å²) in [5.74, 6) is -0.101. The molecule has 5 aliphatic rings. The van der Waals surface area contributed by atoms with Gasteiger partial charge in [-0.15, -0.1) is 0 Å². The minimum absolute atomic E-state index is 0.0484. The van der Waals surface area contributed by atoms with Crippen molar-refractivity contribution in [3.05, 3.63) is 48.0 Å². The summed E-state index contributed by atoms with van der Waals surface area (Å²) in [7, 11) is 2.19. The fourth-order valence-corrected chi connectivity index (χ4v) is 7.32. The number of nitrogens with zero attached hydrogens (tertiary/aromatic N) is 4. The van der Waals surface area contributed by atoms with Gasteiger partial charge in [0, 0.05) is 38.3 Å². The Morgan fingerprint density at radius 3 is 2.17 bits per heavy atom. The van der Waals surface area contributed by atoms with Crippen LogP contribution < -0.4 is 9.80 Å². The van der Waals surface area contributed by atoms with E-state index >= 15 is 0 Å². The van der Waals surface area contributed by atoms with Crippen molar-refractivity contribution in [2.24, 2.45) is 0 Å². The van der Waals surface area contributed by atoms with E-state index in [1.807, 2.05) is 17.0 Å². The van der Waals surface area contributed by atoms with Gasteiger partial charge in [0.15, 0.2) is 0 Å². The lowest BCUT2D eigenvalue weighted by Gasteiger charge is -2.43. The number of benzene rings is 2. The van der Waals surface area contributed by atoms with E-state index in [9.17, 15) is 14.7 Å². The molecule has 2 aromatic carbocycles. The Kier molecular flexibility index (Phi) is 6.33. The van der Waals surface area contributed by atoms with Gasteiger partial charge in [-0.05, 0) is 73.9 Å². The Hall–Kier alpha value is -3.06. The van der Waals surface area contributed by atoms with Crippen LogP contribution in [0.4, 0.5) is 11.4 Å². The second-order valence-corrected chi connectivity index (χ2v) is 13.0. The fraction of sp³-hybridized carbons (Fsp3) is 0.576. The Bertz CT molecular complexity index is 1290. The molecule has 0 unspecified atom stereocenters. The molecule has 2 heterocycles. The quantitative estimate of drug-likeness (QED) is 0.588. The summed E-state index contributed by atoms with van der Waals surface area (Å²) >= 11 is 0. The lowest BCUT2D eigenvalue weighted by atomic mass is 9.95. The molecule has 40 heavy (non-hydrogen) atoms. The number of rotatable bonds is 4. The summed E-state index contributed by atoms with van der Waals surface area (Å²) in [5, 5.41) is 10.3. The van der Waals surface area contributed by atoms with Gasteiger partial charge >= 0.3 is 0 Å². The fourth-order valence-electron chi connectivity index (χ4n) is 7.32. The Balaban J connectivity index is 1.07. The summed E-state index contributed by atoms with van der Waals surface area (Å²) in [6, 6.07) is 15.5. The largest absolute Gasteiger partial charge is 0.380 e. The number of piperazine rings is 1. The molecule has 0 radical (unpaired) electrons. The SMILES string of the molecule is CN1CN(C2CCCCCCC2)c2cc(-c3ccc(C(=O)N4CCN(C(=O)C5(O)CC5)CC45CC5)cc3)ccc21. The van der Waals surface area contributed by atoms with Crippen LogP contribution in [0, 0.1) is 0 Å². The minimum Gasteiger partial charge on any atom is -0.380 e. The first-order valence-corrected chi connectivity index (χ1v) is 15.4. The van der Waals surface area contributed by atoms with Crippen molar-refractivity contribution in [3.63, 3.8) is 0 Å². The van der Waals surface area contributed by atoms with Gasteiger partial charge in [0.25, 0.3) is 11.8 Å². The van der Waals surface area contributed by atoms with Crippen molar-refractivity contribution in [2.75, 3.05) is 43.2 Å². The van der Waals surface area contributed by atoms with Crippen molar-refractivity contribution in [2.45, 2.75) is 87.8 Å². The maximum atomic E-state index is 13.6. The molecular formula is C33H42N4O3. The predicted molar refractivity (Wildman–Crippen MR) is 157 cm³/mol. The third kappa shape index (κ3) is 4.56. The van der Waals surface area contributed by atoms with Crippen LogP contribution in [0.3, 0.4) is 0 Å². The van der Waals surface area contributed by atoms with Gasteiger partial charge in [0.1, 0.15) is 5.60 Å². The van der Waals surface area contributed by atoms with Crippen LogP contribution >= 0.6 is 0 Å². The summed E-state index contributed by atoms with van der Waals surface area (Å²) < 4.78 is 0. The number of anilines is 2. The van der Waals surface area contributed by atoms with Crippen molar-refractivity contribution < 1.29 is 14.7 Å². The molecule has 212 valence electrons. The molecular weight excluding hydrogens is 500 g/mol. The second-order valence-electron chi connectivity index (χ2n) is 13.0. The topological polar surface area (TPSA) is 67.3 Å². The van der Waals surface area contributed by atoms with Gasteiger partial charge in [-0.25, -0.2) is 0 Å². The van der Waals surface area contributed by atoms with Gasteiger partial charge in [-0.3, -0.25) is 9.59 Å². The van der Waals surface area contributed by atoms with E-state index in [-0.39, 0.29) is 17.4 Å². The van der Waals surface area contributed by atoms with Gasteiger partial charge < -0.3 is 24.7 Å². The highest BCUT2D eigenvalue weighted by Crippen LogP contribution is 2.47. The molecule has 0 aromatic heterocycles. The van der Waals surface area contributed by atoms with Crippen molar-refractivity contribution in [1.82, 2.24) is 9.80 Å². The average Bonchev–Trinajstić information content (AvgIpc) is 3.87. The van der Waals surface area contributed by atoms with E-state index in [4.69, 9.17) is 0 Å². The standard InChI is InChI=1S/C33H42N4O3/c1-34-23-36(27-7-5-3-2-4-6-8-27)29-21-26(13-14-28(29)34)24-9-11-25(12-10-24)30(38)37-20-19-35(22-32(37)15-16-32)31(39)33(40)17-18-33/h9-14,21,27,40H,2-8,15-20,22-23H2,1H3. The van der Waals surface area contributed by atoms with Gasteiger partial charge in [-0.1, -0.05) is 50.3 Å². The predicted octanol–water partition coefficient (Wildman–Crippen LogP) is 5.02. The molecule has 0 bridgehead atoms. The second kappa shape index (κ2) is 9.79. The lowest BCUT2D eigenvalue weighted by molar-refractivity contribution is -0.145. The first-order valence-electron chi connectivity index (χ1n) is 15.4. The molecule has 7 heteroatoms. The third-order valence-corrected chi connectivity index (χ3v) is 10.2. The van der Waals surface area contributed by atoms with Crippen LogP contribution in [-0.2, 0) is 4.79 Å². The van der Waals surface area contributed by atoms with Crippen LogP contribution in [0.2, 0.25) is 0 Å². The first kappa shape index (κ1) is 25.9. The van der Waals surface area contributed by atoms with Gasteiger partial charge in [0.2, 0.25) is 0 Å². The molecule has 7 nitrogen and oxygen atoms in total. The summed E-state index contributed by atoms with van der Waals surface area (Å²) in [5.41, 5.74) is 4.25. The average molecular weight is 543 g/mol. The van der Waals surface area contributed by atoms with Crippen LogP contribution in [0.1, 0.15) is 81.0 Å². The molecule has 2 aromatic rings. The van der Waals surface area contributed by atoms with E-state index in [1.165, 1.54) is 61.9 Å². The van der Waals surface area contributed by atoms with E-state index in [2.05, 4.69) is 47.2 Å². The zero-order chi connectivity index (χ0) is 27.5. The van der Waals surface area contributed by atoms with Crippen molar-refractivity contribution in [1.29, 1.82) is 0 Å². The highest BCUT2D eigenvalue weighted by molar-refractivity contribution is 5.96. The molecule has 7 rings (SSSR count). The Morgan fingerprint density at radius 2 is 1.50 bits per heavy atom. The molecule has 4 fully saturated rings. The highest BCUT2D eigenvalue weighted by Gasteiger charge is 2.57. The molecule has 3 aliphatic carbocycles. The number of carbonyl (C=O) groups excluding carboxylic acids is 2. The Morgan fingerprint density at radius 1 is 0.825 bits per heavy atom. The van der Waals surface area contributed by atoms with E-state index in [0.29, 0.717) is 44.1 Å². The molecule has 1 N–H and O–H groups in total. The van der Waals surface area contributed by atoms with Crippen molar-refractivity contribution >= 4 is 23.2 Å². The monoisotopic (exact) mass is 542 g/mol. The number of carbonyl (C=O) groups is 2. The molecule has 1 saturated heterocycles. The van der Waals surface area contributed by atoms with Crippen LogP contribution in [-0.4, -0.2) is 77.3 Å². The molecule has 1 spiro atoms. The van der Waals surface area contributed by atoms with E-state index < -0.39 is 5.60 Å². The maximum absolute atomic E-state index is 13.6. The number of hydrogen-bond donors (Lipinski definition) is 1. The van der Waals surface area contributed by atoms with Crippen molar-refractivity contribution in [3.8, 4) is 11.1 Å². The molecule has 3 saturated carbocycles.